The van der Waals surface area contributed by atoms with E-state index in [-0.39, 0.29) is 11.7 Å². The number of amides is 1. The van der Waals surface area contributed by atoms with Crippen LogP contribution in [0.4, 0.5) is 10.1 Å². The minimum Gasteiger partial charge on any atom is -0.361 e. The van der Waals surface area contributed by atoms with E-state index in [0.717, 1.165) is 24.1 Å². The molecule has 0 radical (unpaired) electrons. The fourth-order valence-electron chi connectivity index (χ4n) is 3.15. The third-order valence-corrected chi connectivity index (χ3v) is 5.19. The van der Waals surface area contributed by atoms with Gasteiger partial charge in [0.25, 0.3) is 5.91 Å². The number of carbonyl (C=O) groups is 1. The molecule has 118 valence electrons. The Morgan fingerprint density at radius 2 is 2.13 bits per heavy atom. The lowest BCUT2D eigenvalue weighted by atomic mass is 9.94. The van der Waals surface area contributed by atoms with Gasteiger partial charge in [-0.3, -0.25) is 9.79 Å². The molecule has 2 aromatic rings. The minimum absolute atomic E-state index is 0.0762. The molecule has 0 atom stereocenters. The molecule has 0 bridgehead atoms. The number of hydrogen-bond acceptors (Lipinski definition) is 4. The number of rotatable bonds is 1. The number of nitrogens with zero attached hydrogens (tertiary/aromatic N) is 2. The van der Waals surface area contributed by atoms with Crippen LogP contribution in [-0.2, 0) is 0 Å². The smallest absolute Gasteiger partial charge is 0.254 e. The molecular formula is C17H16FN3OS. The highest BCUT2D eigenvalue weighted by molar-refractivity contribution is 7.08. The number of benzene rings is 1. The van der Waals surface area contributed by atoms with Crippen LogP contribution in [0.15, 0.2) is 40.0 Å². The predicted octanol–water partition coefficient (Wildman–Crippen LogP) is 3.36. The number of halogens is 1. The van der Waals surface area contributed by atoms with E-state index in [0.29, 0.717) is 18.7 Å². The lowest BCUT2D eigenvalue weighted by Crippen LogP contribution is -2.50. The molecule has 1 fully saturated rings. The number of hydrogen-bond donors (Lipinski definition) is 1. The molecule has 4 rings (SSSR count). The Hall–Kier alpha value is -2.21. The standard InChI is InChI=1S/C17H16FN3OS/c18-14-2-1-3-15-13(14)10-19-17(20-15)5-7-21(8-6-17)16(22)12-4-9-23-11-12/h1-4,9-11,20H,5-8H2. The zero-order valence-corrected chi connectivity index (χ0v) is 13.3. The summed E-state index contributed by atoms with van der Waals surface area (Å²) in [5, 5.41) is 7.17. The van der Waals surface area contributed by atoms with Crippen molar-refractivity contribution in [2.45, 2.75) is 18.5 Å². The Morgan fingerprint density at radius 3 is 2.87 bits per heavy atom. The van der Waals surface area contributed by atoms with Crippen molar-refractivity contribution in [3.8, 4) is 0 Å². The Labute approximate surface area is 137 Å². The van der Waals surface area contributed by atoms with Gasteiger partial charge < -0.3 is 10.2 Å². The molecule has 1 N–H and O–H groups in total. The average Bonchev–Trinajstić information content (AvgIpc) is 3.09. The zero-order chi connectivity index (χ0) is 15.9. The van der Waals surface area contributed by atoms with Gasteiger partial charge >= 0.3 is 0 Å². The SMILES string of the molecule is O=C(c1ccsc1)N1CCC2(CC1)N=Cc1c(F)cccc1N2. The Balaban J connectivity index is 1.49. The molecule has 1 amide bonds. The van der Waals surface area contributed by atoms with Crippen molar-refractivity contribution >= 4 is 29.1 Å². The Bertz CT molecular complexity index is 764. The summed E-state index contributed by atoms with van der Waals surface area (Å²) in [5.41, 5.74) is 1.61. The quantitative estimate of drug-likeness (QED) is 0.872. The number of anilines is 1. The van der Waals surface area contributed by atoms with Crippen molar-refractivity contribution < 1.29 is 9.18 Å². The van der Waals surface area contributed by atoms with Crippen LogP contribution in [0, 0.1) is 5.82 Å². The summed E-state index contributed by atoms with van der Waals surface area (Å²) in [6, 6.07) is 6.86. The van der Waals surface area contributed by atoms with Crippen molar-refractivity contribution in [3.05, 3.63) is 52.0 Å². The third kappa shape index (κ3) is 2.53. The van der Waals surface area contributed by atoms with Gasteiger partial charge in [-0.05, 0) is 23.6 Å². The van der Waals surface area contributed by atoms with Crippen LogP contribution in [-0.4, -0.2) is 35.8 Å². The second-order valence-electron chi connectivity index (χ2n) is 5.92. The zero-order valence-electron chi connectivity index (χ0n) is 12.5. The third-order valence-electron chi connectivity index (χ3n) is 4.51. The normalized spacial score (nSPS) is 18.6. The van der Waals surface area contributed by atoms with Crippen LogP contribution in [0.25, 0.3) is 0 Å². The van der Waals surface area contributed by atoms with Gasteiger partial charge in [-0.25, -0.2) is 4.39 Å². The summed E-state index contributed by atoms with van der Waals surface area (Å²) < 4.78 is 13.8. The van der Waals surface area contributed by atoms with Gasteiger partial charge in [0.05, 0.1) is 11.1 Å². The van der Waals surface area contributed by atoms with E-state index in [2.05, 4.69) is 10.3 Å². The molecule has 1 saturated heterocycles. The van der Waals surface area contributed by atoms with Crippen LogP contribution in [0.2, 0.25) is 0 Å². The molecule has 6 heteroatoms. The van der Waals surface area contributed by atoms with E-state index < -0.39 is 5.66 Å². The van der Waals surface area contributed by atoms with Crippen LogP contribution in [0.1, 0.15) is 28.8 Å². The lowest BCUT2D eigenvalue weighted by Gasteiger charge is -2.42. The van der Waals surface area contributed by atoms with Crippen molar-refractivity contribution in [1.29, 1.82) is 0 Å². The summed E-state index contributed by atoms with van der Waals surface area (Å²) in [7, 11) is 0. The minimum atomic E-state index is -0.424. The van der Waals surface area contributed by atoms with Gasteiger partial charge in [0.2, 0.25) is 0 Å². The van der Waals surface area contributed by atoms with E-state index in [4.69, 9.17) is 0 Å². The van der Waals surface area contributed by atoms with Gasteiger partial charge in [0, 0.05) is 43.2 Å². The number of thiophene rings is 1. The summed E-state index contributed by atoms with van der Waals surface area (Å²) in [4.78, 5) is 18.8. The summed E-state index contributed by atoms with van der Waals surface area (Å²) >= 11 is 1.53. The van der Waals surface area contributed by atoms with E-state index >= 15 is 0 Å². The molecule has 2 aliphatic heterocycles. The lowest BCUT2D eigenvalue weighted by molar-refractivity contribution is 0.0686. The number of likely N-dealkylation sites (tertiary alicyclic amines) is 1. The summed E-state index contributed by atoms with van der Waals surface area (Å²) in [6.07, 6.45) is 3.06. The fourth-order valence-corrected chi connectivity index (χ4v) is 3.78. The number of piperidine rings is 1. The average molecular weight is 329 g/mol. The van der Waals surface area contributed by atoms with Crippen LogP contribution < -0.4 is 5.32 Å². The highest BCUT2D eigenvalue weighted by Gasteiger charge is 2.37. The Morgan fingerprint density at radius 1 is 1.30 bits per heavy atom. The number of nitrogens with one attached hydrogen (secondary N) is 1. The molecular weight excluding hydrogens is 313 g/mol. The number of fused-ring (bicyclic) bond motifs is 1. The molecule has 1 spiro atoms. The maximum absolute atomic E-state index is 13.8. The molecule has 0 saturated carbocycles. The maximum atomic E-state index is 13.8. The van der Waals surface area contributed by atoms with E-state index in [1.165, 1.54) is 17.4 Å². The van der Waals surface area contributed by atoms with Gasteiger partial charge in [-0.1, -0.05) is 6.07 Å². The summed E-state index contributed by atoms with van der Waals surface area (Å²) in [5.74, 6) is -0.189. The fraction of sp³-hybridized carbons (Fsp3) is 0.294. The molecule has 0 unspecified atom stereocenters. The second-order valence-corrected chi connectivity index (χ2v) is 6.70. The molecule has 3 heterocycles. The van der Waals surface area contributed by atoms with Crippen LogP contribution >= 0.6 is 11.3 Å². The molecule has 0 aliphatic carbocycles. The number of carbonyl (C=O) groups excluding carboxylic acids is 1. The van der Waals surface area contributed by atoms with Crippen molar-refractivity contribution in [2.75, 3.05) is 18.4 Å². The van der Waals surface area contributed by atoms with Gasteiger partial charge in [0.15, 0.2) is 0 Å². The molecule has 1 aromatic carbocycles. The molecule has 2 aliphatic rings. The maximum Gasteiger partial charge on any atom is 0.254 e. The summed E-state index contributed by atoms with van der Waals surface area (Å²) in [6.45, 7) is 1.29. The second kappa shape index (κ2) is 5.45. The van der Waals surface area contributed by atoms with Crippen molar-refractivity contribution in [1.82, 2.24) is 4.90 Å². The van der Waals surface area contributed by atoms with E-state index in [1.807, 2.05) is 27.8 Å². The predicted molar refractivity (Wildman–Crippen MR) is 89.8 cm³/mol. The highest BCUT2D eigenvalue weighted by Crippen LogP contribution is 2.34. The van der Waals surface area contributed by atoms with E-state index in [9.17, 15) is 9.18 Å². The molecule has 1 aromatic heterocycles. The van der Waals surface area contributed by atoms with Gasteiger partial charge in [0.1, 0.15) is 11.5 Å². The van der Waals surface area contributed by atoms with Crippen molar-refractivity contribution in [2.24, 2.45) is 4.99 Å². The first-order valence-electron chi connectivity index (χ1n) is 7.60. The Kier molecular flexibility index (Phi) is 3.41. The van der Waals surface area contributed by atoms with Crippen LogP contribution in [0.3, 0.4) is 0 Å². The van der Waals surface area contributed by atoms with Gasteiger partial charge in [-0.2, -0.15) is 11.3 Å². The molecule has 23 heavy (non-hydrogen) atoms. The topological polar surface area (TPSA) is 44.7 Å². The number of aliphatic imine (C=N–C) groups is 1. The van der Waals surface area contributed by atoms with Gasteiger partial charge in [-0.15, -0.1) is 0 Å². The highest BCUT2D eigenvalue weighted by atomic mass is 32.1. The first-order chi connectivity index (χ1) is 11.2. The first-order valence-corrected chi connectivity index (χ1v) is 8.55. The largest absolute Gasteiger partial charge is 0.361 e. The van der Waals surface area contributed by atoms with Crippen molar-refractivity contribution in [3.63, 3.8) is 0 Å². The van der Waals surface area contributed by atoms with Crippen LogP contribution in [0.5, 0.6) is 0 Å². The molecule has 4 nitrogen and oxygen atoms in total. The van der Waals surface area contributed by atoms with E-state index in [1.54, 1.807) is 12.3 Å². The first kappa shape index (κ1) is 14.4. The monoisotopic (exact) mass is 329 g/mol.